The van der Waals surface area contributed by atoms with E-state index < -0.39 is 16.0 Å². The predicted octanol–water partition coefficient (Wildman–Crippen LogP) is -0.0707. The minimum atomic E-state index is -3.36. The standard InChI is InChI=1S/C12H24N2O5S/c15-12(16)3-1-10-20(17,18)14-6-2-9-19-11-4-7-13-8-5-11/h11,13-14H,1-10H2,(H,15,16). The van der Waals surface area contributed by atoms with Crippen LogP contribution in [-0.2, 0) is 19.6 Å². The van der Waals surface area contributed by atoms with Crippen molar-refractivity contribution in [2.45, 2.75) is 38.2 Å². The number of carboxylic acids is 1. The number of nitrogens with one attached hydrogen (secondary N) is 2. The molecule has 0 amide bonds. The second kappa shape index (κ2) is 9.28. The number of aliphatic carboxylic acids is 1. The molecule has 0 saturated carbocycles. The van der Waals surface area contributed by atoms with Crippen LogP contribution in [0.15, 0.2) is 0 Å². The van der Waals surface area contributed by atoms with E-state index in [2.05, 4.69) is 10.0 Å². The molecule has 1 aliphatic rings. The van der Waals surface area contributed by atoms with E-state index in [-0.39, 0.29) is 24.7 Å². The Morgan fingerprint density at radius 1 is 1.30 bits per heavy atom. The zero-order valence-corrected chi connectivity index (χ0v) is 12.5. The first-order valence-electron chi connectivity index (χ1n) is 7.01. The molecule has 0 unspecified atom stereocenters. The van der Waals surface area contributed by atoms with E-state index >= 15 is 0 Å². The fraction of sp³-hybridized carbons (Fsp3) is 0.917. The summed E-state index contributed by atoms with van der Waals surface area (Å²) in [6.45, 7) is 2.82. The monoisotopic (exact) mass is 308 g/mol. The SMILES string of the molecule is O=C(O)CCCS(=O)(=O)NCCCOC1CCNCC1. The van der Waals surface area contributed by atoms with Crippen molar-refractivity contribution in [2.24, 2.45) is 0 Å². The van der Waals surface area contributed by atoms with Gasteiger partial charge in [0.2, 0.25) is 10.0 Å². The summed E-state index contributed by atoms with van der Waals surface area (Å²) < 4.78 is 31.2. The average Bonchev–Trinajstić information content (AvgIpc) is 2.38. The number of piperidine rings is 1. The largest absolute Gasteiger partial charge is 0.481 e. The number of carboxylic acid groups (broad SMARTS) is 1. The van der Waals surface area contributed by atoms with Crippen LogP contribution in [0.2, 0.25) is 0 Å². The fourth-order valence-corrected chi connectivity index (χ4v) is 3.12. The number of ether oxygens (including phenoxy) is 1. The maximum absolute atomic E-state index is 11.5. The molecule has 1 rings (SSSR count). The van der Waals surface area contributed by atoms with E-state index in [4.69, 9.17) is 9.84 Å². The van der Waals surface area contributed by atoms with Gasteiger partial charge in [-0.1, -0.05) is 0 Å². The van der Waals surface area contributed by atoms with Crippen molar-refractivity contribution in [3.63, 3.8) is 0 Å². The first kappa shape index (κ1) is 17.4. The van der Waals surface area contributed by atoms with Gasteiger partial charge in [0.25, 0.3) is 0 Å². The Morgan fingerprint density at radius 3 is 2.65 bits per heavy atom. The number of hydrogen-bond donors (Lipinski definition) is 3. The summed E-state index contributed by atoms with van der Waals surface area (Å²) in [4.78, 5) is 10.3. The number of sulfonamides is 1. The fourth-order valence-electron chi connectivity index (χ4n) is 2.00. The first-order valence-corrected chi connectivity index (χ1v) is 8.66. The molecule has 0 radical (unpaired) electrons. The van der Waals surface area contributed by atoms with Crippen molar-refractivity contribution in [1.82, 2.24) is 10.0 Å². The van der Waals surface area contributed by atoms with Crippen molar-refractivity contribution in [2.75, 3.05) is 32.0 Å². The zero-order chi connectivity index (χ0) is 14.8. The maximum atomic E-state index is 11.5. The highest BCUT2D eigenvalue weighted by molar-refractivity contribution is 7.89. The van der Waals surface area contributed by atoms with Crippen LogP contribution in [0.1, 0.15) is 32.1 Å². The molecular formula is C12H24N2O5S. The van der Waals surface area contributed by atoms with Gasteiger partial charge in [-0.15, -0.1) is 0 Å². The third-order valence-electron chi connectivity index (χ3n) is 3.09. The molecular weight excluding hydrogens is 284 g/mol. The third-order valence-corrected chi connectivity index (χ3v) is 4.56. The quantitative estimate of drug-likeness (QED) is 0.488. The molecule has 0 aromatic rings. The van der Waals surface area contributed by atoms with Crippen LogP contribution in [0.25, 0.3) is 0 Å². The Morgan fingerprint density at radius 2 is 2.00 bits per heavy atom. The first-order chi connectivity index (χ1) is 9.49. The summed E-state index contributed by atoms with van der Waals surface area (Å²) in [7, 11) is -3.36. The van der Waals surface area contributed by atoms with Gasteiger partial charge in [0.15, 0.2) is 0 Å². The molecule has 0 aromatic heterocycles. The van der Waals surface area contributed by atoms with Gasteiger partial charge in [0.1, 0.15) is 0 Å². The zero-order valence-electron chi connectivity index (χ0n) is 11.6. The Kier molecular flexibility index (Phi) is 8.05. The molecule has 0 atom stereocenters. The molecule has 7 nitrogen and oxygen atoms in total. The van der Waals surface area contributed by atoms with Gasteiger partial charge in [-0.25, -0.2) is 13.1 Å². The Bertz CT molecular complexity index is 379. The molecule has 0 spiro atoms. The molecule has 3 N–H and O–H groups in total. The van der Waals surface area contributed by atoms with E-state index in [9.17, 15) is 13.2 Å². The van der Waals surface area contributed by atoms with E-state index in [1.54, 1.807) is 0 Å². The van der Waals surface area contributed by atoms with Crippen LogP contribution in [0, 0.1) is 0 Å². The molecule has 0 bridgehead atoms. The van der Waals surface area contributed by atoms with Gasteiger partial charge in [-0.05, 0) is 38.8 Å². The lowest BCUT2D eigenvalue weighted by Gasteiger charge is -2.22. The number of rotatable bonds is 10. The van der Waals surface area contributed by atoms with Gasteiger partial charge < -0.3 is 15.2 Å². The van der Waals surface area contributed by atoms with Crippen LogP contribution >= 0.6 is 0 Å². The lowest BCUT2D eigenvalue weighted by Crippen LogP contribution is -2.33. The lowest BCUT2D eigenvalue weighted by molar-refractivity contribution is -0.137. The topological polar surface area (TPSA) is 105 Å². The van der Waals surface area contributed by atoms with Gasteiger partial charge in [-0.3, -0.25) is 4.79 Å². The highest BCUT2D eigenvalue weighted by Gasteiger charge is 2.13. The minimum absolute atomic E-state index is 0.125. The van der Waals surface area contributed by atoms with Crippen LogP contribution in [0.5, 0.6) is 0 Å². The van der Waals surface area contributed by atoms with E-state index in [1.807, 2.05) is 0 Å². The van der Waals surface area contributed by atoms with E-state index in [0.717, 1.165) is 25.9 Å². The second-order valence-corrected chi connectivity index (χ2v) is 6.81. The minimum Gasteiger partial charge on any atom is -0.481 e. The van der Waals surface area contributed by atoms with Gasteiger partial charge in [0, 0.05) is 19.6 Å². The lowest BCUT2D eigenvalue weighted by atomic mass is 10.1. The van der Waals surface area contributed by atoms with Crippen molar-refractivity contribution in [3.05, 3.63) is 0 Å². The molecule has 20 heavy (non-hydrogen) atoms. The van der Waals surface area contributed by atoms with Crippen molar-refractivity contribution >= 4 is 16.0 Å². The summed E-state index contributed by atoms with van der Waals surface area (Å²) in [6, 6.07) is 0. The summed E-state index contributed by atoms with van der Waals surface area (Å²) in [6.07, 6.45) is 2.92. The summed E-state index contributed by atoms with van der Waals surface area (Å²) in [5, 5.41) is 11.7. The molecule has 1 saturated heterocycles. The molecule has 8 heteroatoms. The van der Waals surface area contributed by atoms with Crippen molar-refractivity contribution < 1.29 is 23.1 Å². The molecule has 1 heterocycles. The van der Waals surface area contributed by atoms with Crippen molar-refractivity contribution in [3.8, 4) is 0 Å². The van der Waals surface area contributed by atoms with Gasteiger partial charge in [-0.2, -0.15) is 0 Å². The van der Waals surface area contributed by atoms with Gasteiger partial charge in [0.05, 0.1) is 11.9 Å². The highest BCUT2D eigenvalue weighted by Crippen LogP contribution is 2.07. The van der Waals surface area contributed by atoms with Crippen LogP contribution < -0.4 is 10.0 Å². The summed E-state index contributed by atoms with van der Waals surface area (Å²) >= 11 is 0. The highest BCUT2D eigenvalue weighted by atomic mass is 32.2. The van der Waals surface area contributed by atoms with Crippen molar-refractivity contribution in [1.29, 1.82) is 0 Å². The maximum Gasteiger partial charge on any atom is 0.303 e. The summed E-state index contributed by atoms with van der Waals surface area (Å²) in [5.41, 5.74) is 0. The van der Waals surface area contributed by atoms with Crippen LogP contribution in [0.4, 0.5) is 0 Å². The van der Waals surface area contributed by atoms with E-state index in [0.29, 0.717) is 19.6 Å². The third kappa shape index (κ3) is 8.47. The molecule has 0 aromatic carbocycles. The molecule has 1 aliphatic heterocycles. The summed E-state index contributed by atoms with van der Waals surface area (Å²) in [5.74, 6) is -1.12. The average molecular weight is 308 g/mol. The number of hydrogen-bond acceptors (Lipinski definition) is 5. The Hall–Kier alpha value is -0.700. The van der Waals surface area contributed by atoms with E-state index in [1.165, 1.54) is 0 Å². The molecule has 0 aliphatic carbocycles. The second-order valence-electron chi connectivity index (χ2n) is 4.88. The van der Waals surface area contributed by atoms with Gasteiger partial charge >= 0.3 is 5.97 Å². The Balaban J connectivity index is 2.02. The molecule has 1 fully saturated rings. The predicted molar refractivity (Wildman–Crippen MR) is 75.1 cm³/mol. The Labute approximate surface area is 120 Å². The number of carbonyl (C=O) groups is 1. The normalized spacial score (nSPS) is 17.2. The smallest absolute Gasteiger partial charge is 0.303 e. The molecule has 118 valence electrons. The van der Waals surface area contributed by atoms with Crippen LogP contribution in [-0.4, -0.2) is 57.6 Å². The van der Waals surface area contributed by atoms with Crippen LogP contribution in [0.3, 0.4) is 0 Å².